The van der Waals surface area contributed by atoms with Gasteiger partial charge in [0.15, 0.2) is 0 Å². The van der Waals surface area contributed by atoms with Gasteiger partial charge in [0, 0.05) is 11.8 Å². The molecule has 0 saturated heterocycles. The molecule has 1 aromatic heterocycles. The Bertz CT molecular complexity index is 482. The monoisotopic (exact) mass is 219 g/mol. The number of hydrogen-bond acceptors (Lipinski definition) is 4. The first-order valence-electron chi connectivity index (χ1n) is 4.90. The molecular weight excluding hydrogens is 206 g/mol. The first kappa shape index (κ1) is 10.5. The summed E-state index contributed by atoms with van der Waals surface area (Å²) in [4.78, 5) is 0. The molecule has 16 heavy (non-hydrogen) atoms. The lowest BCUT2D eigenvalue weighted by atomic mass is 10.1. The molecule has 84 valence electrons. The fourth-order valence-corrected chi connectivity index (χ4v) is 1.52. The summed E-state index contributed by atoms with van der Waals surface area (Å²) in [7, 11) is 0. The minimum atomic E-state index is -0.805. The molecule has 0 saturated carbocycles. The summed E-state index contributed by atoms with van der Waals surface area (Å²) in [6.07, 6.45) is 2.33. The maximum atomic E-state index is 9.90. The average molecular weight is 219 g/mol. The van der Waals surface area contributed by atoms with E-state index in [1.54, 1.807) is 24.4 Å². The molecule has 5 nitrogen and oxygen atoms in total. The van der Waals surface area contributed by atoms with Crippen LogP contribution in [-0.2, 0) is 6.54 Å². The lowest BCUT2D eigenvalue weighted by molar-refractivity contribution is 0.148. The first-order chi connectivity index (χ1) is 7.66. The molecule has 0 bridgehead atoms. The van der Waals surface area contributed by atoms with E-state index in [1.165, 1.54) is 16.9 Å². The number of aliphatic hydroxyl groups excluding tert-OH is 1. The van der Waals surface area contributed by atoms with Gasteiger partial charge in [0.2, 0.25) is 0 Å². The Morgan fingerprint density at radius 2 is 2.12 bits per heavy atom. The standard InChI is InChI=1S/C11H13N3O2/c12-8-5-13-14(6-8)7-11(16)9-3-1-2-4-10(9)15/h1-6,11,15-16H,7,12H2. The van der Waals surface area contributed by atoms with Gasteiger partial charge in [0.1, 0.15) is 11.9 Å². The van der Waals surface area contributed by atoms with Crippen molar-refractivity contribution < 1.29 is 10.2 Å². The molecule has 0 aliphatic rings. The molecule has 4 N–H and O–H groups in total. The van der Waals surface area contributed by atoms with Gasteiger partial charge in [0.25, 0.3) is 0 Å². The van der Waals surface area contributed by atoms with E-state index >= 15 is 0 Å². The summed E-state index contributed by atoms with van der Waals surface area (Å²) in [6.45, 7) is 0.259. The van der Waals surface area contributed by atoms with Crippen LogP contribution in [0, 0.1) is 0 Å². The number of benzene rings is 1. The number of hydrogen-bond donors (Lipinski definition) is 3. The highest BCUT2D eigenvalue weighted by atomic mass is 16.3. The SMILES string of the molecule is Nc1cnn(CC(O)c2ccccc2O)c1. The third kappa shape index (κ3) is 2.14. The van der Waals surface area contributed by atoms with Gasteiger partial charge >= 0.3 is 0 Å². The van der Waals surface area contributed by atoms with Gasteiger partial charge in [-0.05, 0) is 6.07 Å². The molecule has 0 spiro atoms. The highest BCUT2D eigenvalue weighted by Crippen LogP contribution is 2.24. The van der Waals surface area contributed by atoms with Crippen LogP contribution in [0.25, 0.3) is 0 Å². The fraction of sp³-hybridized carbons (Fsp3) is 0.182. The van der Waals surface area contributed by atoms with E-state index in [4.69, 9.17) is 5.73 Å². The zero-order valence-electron chi connectivity index (χ0n) is 8.61. The van der Waals surface area contributed by atoms with Gasteiger partial charge in [-0.25, -0.2) is 0 Å². The van der Waals surface area contributed by atoms with E-state index < -0.39 is 6.10 Å². The number of nitrogens with zero attached hydrogens (tertiary/aromatic N) is 2. The molecule has 1 unspecified atom stereocenters. The minimum absolute atomic E-state index is 0.0788. The second kappa shape index (κ2) is 4.24. The third-order valence-electron chi connectivity index (χ3n) is 2.31. The zero-order chi connectivity index (χ0) is 11.5. The quantitative estimate of drug-likeness (QED) is 0.716. The second-order valence-electron chi connectivity index (χ2n) is 3.57. The molecule has 1 heterocycles. The number of nitrogens with two attached hydrogens (primary N) is 1. The summed E-state index contributed by atoms with van der Waals surface area (Å²) in [6, 6.07) is 6.68. The van der Waals surface area contributed by atoms with Crippen LogP contribution in [0.5, 0.6) is 5.75 Å². The normalized spacial score (nSPS) is 12.6. The van der Waals surface area contributed by atoms with Crippen molar-refractivity contribution in [3.05, 3.63) is 42.2 Å². The van der Waals surface area contributed by atoms with Crippen molar-refractivity contribution in [1.82, 2.24) is 9.78 Å². The molecule has 2 rings (SSSR count). The van der Waals surface area contributed by atoms with Crippen molar-refractivity contribution in [3.8, 4) is 5.75 Å². The van der Waals surface area contributed by atoms with Gasteiger partial charge in [0.05, 0.1) is 18.4 Å². The molecule has 5 heteroatoms. The van der Waals surface area contributed by atoms with Crippen LogP contribution >= 0.6 is 0 Å². The van der Waals surface area contributed by atoms with Gasteiger partial charge in [-0.15, -0.1) is 0 Å². The lowest BCUT2D eigenvalue weighted by Crippen LogP contribution is -2.09. The van der Waals surface area contributed by atoms with Crippen molar-refractivity contribution in [2.24, 2.45) is 0 Å². The second-order valence-corrected chi connectivity index (χ2v) is 3.57. The first-order valence-corrected chi connectivity index (χ1v) is 4.90. The number of rotatable bonds is 3. The van der Waals surface area contributed by atoms with E-state index in [-0.39, 0.29) is 12.3 Å². The fourth-order valence-electron chi connectivity index (χ4n) is 1.52. The van der Waals surface area contributed by atoms with Crippen molar-refractivity contribution in [2.75, 3.05) is 5.73 Å². The van der Waals surface area contributed by atoms with Crippen molar-refractivity contribution in [1.29, 1.82) is 0 Å². The smallest absolute Gasteiger partial charge is 0.121 e. The predicted octanol–water partition coefficient (Wildman–Crippen LogP) is 0.904. The van der Waals surface area contributed by atoms with E-state index in [0.717, 1.165) is 0 Å². The predicted molar refractivity (Wildman–Crippen MR) is 59.7 cm³/mol. The number of aromatic nitrogens is 2. The maximum Gasteiger partial charge on any atom is 0.121 e. The number of aromatic hydroxyl groups is 1. The number of phenolic OH excluding ortho intramolecular Hbond substituents is 1. The Morgan fingerprint density at radius 3 is 2.75 bits per heavy atom. The number of nitrogen functional groups attached to an aromatic ring is 1. The largest absolute Gasteiger partial charge is 0.508 e. The molecule has 0 radical (unpaired) electrons. The van der Waals surface area contributed by atoms with E-state index in [0.29, 0.717) is 11.3 Å². The summed E-state index contributed by atoms with van der Waals surface area (Å²) in [5.41, 5.74) is 6.54. The Labute approximate surface area is 92.8 Å². The molecule has 0 amide bonds. The van der Waals surface area contributed by atoms with Crippen LogP contribution in [0.15, 0.2) is 36.7 Å². The molecular formula is C11H13N3O2. The molecule has 0 aliphatic carbocycles. The van der Waals surface area contributed by atoms with Crippen LogP contribution < -0.4 is 5.73 Å². The molecule has 0 aliphatic heterocycles. The molecule has 1 aromatic carbocycles. The maximum absolute atomic E-state index is 9.90. The summed E-state index contributed by atoms with van der Waals surface area (Å²) in [5.74, 6) is 0.0788. The van der Waals surface area contributed by atoms with Gasteiger partial charge in [-0.1, -0.05) is 18.2 Å². The molecule has 0 fully saturated rings. The van der Waals surface area contributed by atoms with Crippen LogP contribution in [0.3, 0.4) is 0 Å². The van der Waals surface area contributed by atoms with Crippen LogP contribution in [0.2, 0.25) is 0 Å². The Balaban J connectivity index is 2.14. The molecule has 1 atom stereocenters. The van der Waals surface area contributed by atoms with E-state index in [1.807, 2.05) is 0 Å². The minimum Gasteiger partial charge on any atom is -0.508 e. The summed E-state index contributed by atoms with van der Waals surface area (Å²) in [5, 5.41) is 23.4. The Kier molecular flexibility index (Phi) is 2.78. The Morgan fingerprint density at radius 1 is 1.38 bits per heavy atom. The highest BCUT2D eigenvalue weighted by molar-refractivity contribution is 5.34. The lowest BCUT2D eigenvalue weighted by Gasteiger charge is -2.12. The van der Waals surface area contributed by atoms with Crippen LogP contribution in [0.4, 0.5) is 5.69 Å². The number of aliphatic hydroxyl groups is 1. The number of phenols is 1. The van der Waals surface area contributed by atoms with Gasteiger partial charge < -0.3 is 15.9 Å². The number of para-hydroxylation sites is 1. The van der Waals surface area contributed by atoms with E-state index in [2.05, 4.69) is 5.10 Å². The van der Waals surface area contributed by atoms with Gasteiger partial charge in [-0.3, -0.25) is 4.68 Å². The van der Waals surface area contributed by atoms with Gasteiger partial charge in [-0.2, -0.15) is 5.10 Å². The van der Waals surface area contributed by atoms with Crippen LogP contribution in [0.1, 0.15) is 11.7 Å². The molecule has 2 aromatic rings. The van der Waals surface area contributed by atoms with Crippen molar-refractivity contribution in [2.45, 2.75) is 12.6 Å². The van der Waals surface area contributed by atoms with Crippen molar-refractivity contribution in [3.63, 3.8) is 0 Å². The zero-order valence-corrected chi connectivity index (χ0v) is 8.61. The highest BCUT2D eigenvalue weighted by Gasteiger charge is 2.12. The average Bonchev–Trinajstić information content (AvgIpc) is 2.64. The number of anilines is 1. The summed E-state index contributed by atoms with van der Waals surface area (Å²) < 4.78 is 1.53. The van der Waals surface area contributed by atoms with E-state index in [9.17, 15) is 10.2 Å². The third-order valence-corrected chi connectivity index (χ3v) is 2.31. The van der Waals surface area contributed by atoms with Crippen LogP contribution in [-0.4, -0.2) is 20.0 Å². The topological polar surface area (TPSA) is 84.3 Å². The Hall–Kier alpha value is -2.01. The summed E-state index contributed by atoms with van der Waals surface area (Å²) >= 11 is 0. The van der Waals surface area contributed by atoms with Crippen molar-refractivity contribution >= 4 is 5.69 Å².